The molecule has 0 radical (unpaired) electrons. The van der Waals surface area contributed by atoms with E-state index in [0.717, 1.165) is 56.0 Å². The minimum absolute atomic E-state index is 0.501. The van der Waals surface area contributed by atoms with E-state index in [2.05, 4.69) is 57.7 Å². The van der Waals surface area contributed by atoms with Gasteiger partial charge in [-0.05, 0) is 103 Å². The van der Waals surface area contributed by atoms with Gasteiger partial charge in [-0.15, -0.1) is 0 Å². The van der Waals surface area contributed by atoms with Gasteiger partial charge in [0, 0.05) is 31.9 Å². The van der Waals surface area contributed by atoms with Crippen LogP contribution in [0, 0.1) is 0 Å². The largest absolute Gasteiger partial charge is 0.497 e. The van der Waals surface area contributed by atoms with Gasteiger partial charge >= 0.3 is 0 Å². The average molecular weight is 530 g/mol. The molecule has 39 heavy (non-hydrogen) atoms. The molecule has 1 unspecified atom stereocenters. The molecule has 1 saturated heterocycles. The molecule has 6 heteroatoms. The van der Waals surface area contributed by atoms with Crippen LogP contribution in [0.3, 0.4) is 0 Å². The van der Waals surface area contributed by atoms with Crippen LogP contribution in [0.25, 0.3) is 0 Å². The van der Waals surface area contributed by atoms with E-state index in [9.17, 15) is 0 Å². The molecule has 208 valence electrons. The summed E-state index contributed by atoms with van der Waals surface area (Å²) in [7, 11) is 3.47. The standard InChI is InChI=1S/C33H43N3O3/c1-37-30-11-10-26-19-28(9-8-27(26)20-30)32-13-12-31(38-2)21-29(32)24-34-22-25-7-14-33(35-23-25)39-18-17-36-15-5-3-4-6-16-36/h7,10-14,20-21,23,28,34H,3-6,8-9,15-19,22,24H2,1-2H3. The third-order valence-electron chi connectivity index (χ3n) is 8.23. The van der Waals surface area contributed by atoms with Gasteiger partial charge in [0.2, 0.25) is 5.88 Å². The maximum Gasteiger partial charge on any atom is 0.213 e. The Labute approximate surface area is 233 Å². The van der Waals surface area contributed by atoms with Gasteiger partial charge in [-0.2, -0.15) is 0 Å². The van der Waals surface area contributed by atoms with Crippen molar-refractivity contribution in [1.82, 2.24) is 15.2 Å². The summed E-state index contributed by atoms with van der Waals surface area (Å²) >= 11 is 0. The molecular weight excluding hydrogens is 486 g/mol. The molecule has 5 rings (SSSR count). The van der Waals surface area contributed by atoms with Crippen molar-refractivity contribution in [1.29, 1.82) is 0 Å². The van der Waals surface area contributed by atoms with Gasteiger partial charge in [-0.3, -0.25) is 4.90 Å². The summed E-state index contributed by atoms with van der Waals surface area (Å²) in [4.78, 5) is 7.06. The molecule has 0 saturated carbocycles. The average Bonchev–Trinajstić information content (AvgIpc) is 3.26. The fourth-order valence-corrected chi connectivity index (χ4v) is 5.97. The van der Waals surface area contributed by atoms with Crippen LogP contribution in [0.2, 0.25) is 0 Å². The second kappa shape index (κ2) is 13.8. The SMILES string of the molecule is COc1ccc2c(c1)CCC(c1ccc(OC)cc1CNCc1ccc(OCCN3CCCCCC3)nc1)C2. The summed E-state index contributed by atoms with van der Waals surface area (Å²) in [6.07, 6.45) is 10.5. The number of methoxy groups -OCH3 is 2. The lowest BCUT2D eigenvalue weighted by atomic mass is 9.78. The lowest BCUT2D eigenvalue weighted by Crippen LogP contribution is -2.29. The van der Waals surface area contributed by atoms with Crippen molar-refractivity contribution >= 4 is 0 Å². The van der Waals surface area contributed by atoms with Crippen molar-refractivity contribution in [3.63, 3.8) is 0 Å². The van der Waals surface area contributed by atoms with Gasteiger partial charge in [-0.1, -0.05) is 31.0 Å². The van der Waals surface area contributed by atoms with Crippen LogP contribution >= 0.6 is 0 Å². The maximum absolute atomic E-state index is 5.93. The van der Waals surface area contributed by atoms with Crippen molar-refractivity contribution in [2.24, 2.45) is 0 Å². The Morgan fingerprint density at radius 3 is 2.44 bits per heavy atom. The first-order valence-corrected chi connectivity index (χ1v) is 14.5. The number of aromatic nitrogens is 1. The normalized spacial score (nSPS) is 17.7. The first kappa shape index (κ1) is 27.5. The lowest BCUT2D eigenvalue weighted by Gasteiger charge is -2.27. The van der Waals surface area contributed by atoms with Crippen LogP contribution in [0.4, 0.5) is 0 Å². The molecule has 1 aliphatic heterocycles. The molecule has 1 N–H and O–H groups in total. The van der Waals surface area contributed by atoms with E-state index in [1.807, 2.05) is 12.3 Å². The number of likely N-dealkylation sites (tertiary alicyclic amines) is 1. The van der Waals surface area contributed by atoms with Crippen LogP contribution in [0.1, 0.15) is 65.8 Å². The summed E-state index contributed by atoms with van der Waals surface area (Å²) in [6, 6.07) is 17.2. The highest BCUT2D eigenvalue weighted by atomic mass is 16.5. The third kappa shape index (κ3) is 7.52. The van der Waals surface area contributed by atoms with Crippen LogP contribution in [-0.4, -0.2) is 50.3 Å². The zero-order chi connectivity index (χ0) is 26.9. The minimum Gasteiger partial charge on any atom is -0.497 e. The van der Waals surface area contributed by atoms with E-state index < -0.39 is 0 Å². The highest BCUT2D eigenvalue weighted by molar-refractivity contribution is 5.43. The van der Waals surface area contributed by atoms with Gasteiger partial charge in [0.15, 0.2) is 0 Å². The van der Waals surface area contributed by atoms with Crippen LogP contribution < -0.4 is 19.5 Å². The number of benzene rings is 2. The van der Waals surface area contributed by atoms with Crippen molar-refractivity contribution in [3.05, 3.63) is 82.5 Å². The van der Waals surface area contributed by atoms with Crippen LogP contribution in [0.15, 0.2) is 54.7 Å². The number of nitrogens with one attached hydrogen (secondary N) is 1. The molecule has 2 aliphatic rings. The monoisotopic (exact) mass is 529 g/mol. The number of nitrogens with zero attached hydrogens (tertiary/aromatic N) is 2. The first-order valence-electron chi connectivity index (χ1n) is 14.5. The molecule has 2 heterocycles. The van der Waals surface area contributed by atoms with Crippen LogP contribution in [0.5, 0.6) is 17.4 Å². The Balaban J connectivity index is 1.14. The Hall–Kier alpha value is -3.09. The summed E-state index contributed by atoms with van der Waals surface area (Å²) < 4.78 is 16.9. The topological polar surface area (TPSA) is 55.9 Å². The Bertz CT molecular complexity index is 1190. The zero-order valence-corrected chi connectivity index (χ0v) is 23.6. The Kier molecular flexibility index (Phi) is 9.73. The number of hydrogen-bond acceptors (Lipinski definition) is 6. The molecule has 3 aromatic rings. The summed E-state index contributed by atoms with van der Waals surface area (Å²) in [5.41, 5.74) is 6.72. The van der Waals surface area contributed by atoms with Gasteiger partial charge < -0.3 is 19.5 Å². The number of hydrogen-bond donors (Lipinski definition) is 1. The van der Waals surface area contributed by atoms with Gasteiger partial charge in [0.1, 0.15) is 18.1 Å². The predicted molar refractivity (Wildman–Crippen MR) is 156 cm³/mol. The summed E-state index contributed by atoms with van der Waals surface area (Å²) in [5, 5.41) is 3.63. The highest BCUT2D eigenvalue weighted by Gasteiger charge is 2.23. The van der Waals surface area contributed by atoms with Gasteiger partial charge in [0.05, 0.1) is 14.2 Å². The molecule has 0 amide bonds. The summed E-state index contributed by atoms with van der Waals surface area (Å²) in [5.74, 6) is 3.06. The van der Waals surface area contributed by atoms with Gasteiger partial charge in [0.25, 0.3) is 0 Å². The number of rotatable bonds is 11. The smallest absolute Gasteiger partial charge is 0.213 e. The quantitative estimate of drug-likeness (QED) is 0.333. The first-order chi connectivity index (χ1) is 19.2. The minimum atomic E-state index is 0.501. The molecule has 1 aliphatic carbocycles. The predicted octanol–water partition coefficient (Wildman–Crippen LogP) is 5.92. The number of aryl methyl sites for hydroxylation is 1. The second-order valence-electron chi connectivity index (χ2n) is 10.9. The van der Waals surface area contributed by atoms with Crippen molar-refractivity contribution in [3.8, 4) is 17.4 Å². The Morgan fingerprint density at radius 2 is 1.67 bits per heavy atom. The van der Waals surface area contributed by atoms with E-state index in [4.69, 9.17) is 14.2 Å². The number of fused-ring (bicyclic) bond motifs is 1. The molecule has 0 bridgehead atoms. The molecule has 6 nitrogen and oxygen atoms in total. The van der Waals surface area contributed by atoms with E-state index in [1.165, 1.54) is 61.0 Å². The van der Waals surface area contributed by atoms with E-state index in [0.29, 0.717) is 18.4 Å². The fourth-order valence-electron chi connectivity index (χ4n) is 5.97. The number of pyridine rings is 1. The second-order valence-corrected chi connectivity index (χ2v) is 10.9. The number of ether oxygens (including phenoxy) is 3. The van der Waals surface area contributed by atoms with E-state index >= 15 is 0 Å². The van der Waals surface area contributed by atoms with Crippen molar-refractivity contribution in [2.45, 2.75) is 64.0 Å². The zero-order valence-electron chi connectivity index (χ0n) is 23.6. The van der Waals surface area contributed by atoms with Crippen molar-refractivity contribution in [2.75, 3.05) is 40.5 Å². The molecule has 1 aromatic heterocycles. The summed E-state index contributed by atoms with van der Waals surface area (Å²) in [6.45, 7) is 5.61. The van der Waals surface area contributed by atoms with Crippen molar-refractivity contribution < 1.29 is 14.2 Å². The molecular formula is C33H43N3O3. The fraction of sp³-hybridized carbons (Fsp3) is 0.485. The molecule has 1 fully saturated rings. The van der Waals surface area contributed by atoms with E-state index in [1.54, 1.807) is 14.2 Å². The van der Waals surface area contributed by atoms with Crippen LogP contribution in [-0.2, 0) is 25.9 Å². The Morgan fingerprint density at radius 1 is 0.872 bits per heavy atom. The molecule has 0 spiro atoms. The highest BCUT2D eigenvalue weighted by Crippen LogP contribution is 2.36. The van der Waals surface area contributed by atoms with E-state index in [-0.39, 0.29) is 0 Å². The maximum atomic E-state index is 5.93. The molecule has 1 atom stereocenters. The lowest BCUT2D eigenvalue weighted by molar-refractivity contribution is 0.209. The van der Waals surface area contributed by atoms with Gasteiger partial charge in [-0.25, -0.2) is 4.98 Å². The molecule has 2 aromatic carbocycles. The third-order valence-corrected chi connectivity index (χ3v) is 8.23.